The molecule has 2 heterocycles. The molecular formula is C17H19Cl3N4O. The lowest BCUT2D eigenvalue weighted by molar-refractivity contribution is 0.0618. The second kappa shape index (κ2) is 7.54. The summed E-state index contributed by atoms with van der Waals surface area (Å²) in [5.41, 5.74) is 2.04. The first-order valence-electron chi connectivity index (χ1n) is 8.02. The van der Waals surface area contributed by atoms with Gasteiger partial charge in [0, 0.05) is 55.4 Å². The number of amides is 1. The van der Waals surface area contributed by atoms with E-state index in [2.05, 4.69) is 10.00 Å². The standard InChI is InChI=1S/C17H19Cl3N4O/c1-11-15(20)16(22(2)21-11)17(25)24-8-6-23(7-9-24)10-12-13(18)4-3-5-14(12)19/h3-5H,6-10H2,1-2H3. The van der Waals surface area contributed by atoms with Gasteiger partial charge >= 0.3 is 0 Å². The van der Waals surface area contributed by atoms with Crippen LogP contribution in [-0.4, -0.2) is 51.7 Å². The van der Waals surface area contributed by atoms with Gasteiger partial charge in [0.25, 0.3) is 5.91 Å². The van der Waals surface area contributed by atoms with Crippen molar-refractivity contribution in [1.82, 2.24) is 19.6 Å². The van der Waals surface area contributed by atoms with Gasteiger partial charge in [-0.3, -0.25) is 14.4 Å². The largest absolute Gasteiger partial charge is 0.335 e. The summed E-state index contributed by atoms with van der Waals surface area (Å²) in [5, 5.41) is 5.98. The molecule has 0 saturated carbocycles. The van der Waals surface area contributed by atoms with Crippen molar-refractivity contribution in [1.29, 1.82) is 0 Å². The molecule has 1 amide bonds. The Balaban J connectivity index is 1.65. The predicted octanol–water partition coefficient (Wildman–Crippen LogP) is 3.65. The summed E-state index contributed by atoms with van der Waals surface area (Å²) in [4.78, 5) is 16.8. The van der Waals surface area contributed by atoms with Gasteiger partial charge in [-0.25, -0.2) is 0 Å². The van der Waals surface area contributed by atoms with Crippen LogP contribution in [0.1, 0.15) is 21.7 Å². The van der Waals surface area contributed by atoms with Crippen LogP contribution in [0.5, 0.6) is 0 Å². The zero-order chi connectivity index (χ0) is 18.1. The van der Waals surface area contributed by atoms with Gasteiger partial charge in [0.2, 0.25) is 0 Å². The van der Waals surface area contributed by atoms with E-state index in [-0.39, 0.29) is 5.91 Å². The molecule has 0 unspecified atom stereocenters. The number of aromatic nitrogens is 2. The van der Waals surface area contributed by atoms with Crippen molar-refractivity contribution < 1.29 is 4.79 Å². The molecule has 1 aliphatic heterocycles. The highest BCUT2D eigenvalue weighted by Gasteiger charge is 2.27. The average molecular weight is 402 g/mol. The quantitative estimate of drug-likeness (QED) is 0.788. The van der Waals surface area contributed by atoms with Crippen molar-refractivity contribution in [3.63, 3.8) is 0 Å². The van der Waals surface area contributed by atoms with Gasteiger partial charge in [-0.1, -0.05) is 40.9 Å². The summed E-state index contributed by atoms with van der Waals surface area (Å²) >= 11 is 18.7. The lowest BCUT2D eigenvalue weighted by Crippen LogP contribution is -2.48. The van der Waals surface area contributed by atoms with Gasteiger partial charge < -0.3 is 4.90 Å². The minimum absolute atomic E-state index is 0.0801. The van der Waals surface area contributed by atoms with Gasteiger partial charge in [0.05, 0.1) is 10.7 Å². The lowest BCUT2D eigenvalue weighted by atomic mass is 10.2. The monoisotopic (exact) mass is 400 g/mol. The molecule has 134 valence electrons. The second-order valence-electron chi connectivity index (χ2n) is 6.14. The second-order valence-corrected chi connectivity index (χ2v) is 7.33. The minimum Gasteiger partial charge on any atom is -0.335 e. The Morgan fingerprint density at radius 1 is 1.12 bits per heavy atom. The highest BCUT2D eigenvalue weighted by atomic mass is 35.5. The number of carbonyl (C=O) groups excluding carboxylic acids is 1. The molecule has 1 aliphatic rings. The maximum Gasteiger partial charge on any atom is 0.273 e. The lowest BCUT2D eigenvalue weighted by Gasteiger charge is -2.35. The number of piperazine rings is 1. The molecule has 0 aliphatic carbocycles. The molecule has 0 spiro atoms. The first-order chi connectivity index (χ1) is 11.9. The third-order valence-electron chi connectivity index (χ3n) is 4.45. The Labute approximate surface area is 162 Å². The van der Waals surface area contributed by atoms with Crippen LogP contribution in [0.2, 0.25) is 15.1 Å². The predicted molar refractivity (Wildman–Crippen MR) is 101 cm³/mol. The van der Waals surface area contributed by atoms with Crippen molar-refractivity contribution >= 4 is 40.7 Å². The fraction of sp³-hybridized carbons (Fsp3) is 0.412. The van der Waals surface area contributed by atoms with E-state index >= 15 is 0 Å². The summed E-state index contributed by atoms with van der Waals surface area (Å²) in [6, 6.07) is 5.52. The molecule has 1 aromatic carbocycles. The number of halogens is 3. The topological polar surface area (TPSA) is 41.4 Å². The van der Waals surface area contributed by atoms with Gasteiger partial charge in [-0.05, 0) is 19.1 Å². The maximum atomic E-state index is 12.7. The van der Waals surface area contributed by atoms with E-state index in [0.717, 1.165) is 18.7 Å². The zero-order valence-corrected chi connectivity index (χ0v) is 16.4. The number of benzene rings is 1. The van der Waals surface area contributed by atoms with Crippen molar-refractivity contribution in [3.8, 4) is 0 Å². The Hall–Kier alpha value is -1.27. The van der Waals surface area contributed by atoms with Crippen LogP contribution in [0.4, 0.5) is 0 Å². The Bertz CT molecular complexity index is 777. The average Bonchev–Trinajstić information content (AvgIpc) is 2.83. The summed E-state index contributed by atoms with van der Waals surface area (Å²) in [5.74, 6) is -0.0801. The Morgan fingerprint density at radius 3 is 2.24 bits per heavy atom. The number of nitrogens with zero attached hydrogens (tertiary/aromatic N) is 4. The van der Waals surface area contributed by atoms with E-state index in [1.165, 1.54) is 0 Å². The van der Waals surface area contributed by atoms with E-state index in [0.29, 0.717) is 46.1 Å². The van der Waals surface area contributed by atoms with Crippen LogP contribution < -0.4 is 0 Å². The molecule has 1 fully saturated rings. The zero-order valence-electron chi connectivity index (χ0n) is 14.1. The van der Waals surface area contributed by atoms with Gasteiger partial charge in [-0.2, -0.15) is 5.10 Å². The van der Waals surface area contributed by atoms with Crippen molar-refractivity contribution in [3.05, 3.63) is 50.2 Å². The van der Waals surface area contributed by atoms with Crippen LogP contribution in [0.25, 0.3) is 0 Å². The van der Waals surface area contributed by atoms with E-state index < -0.39 is 0 Å². The maximum absolute atomic E-state index is 12.7. The smallest absolute Gasteiger partial charge is 0.273 e. The van der Waals surface area contributed by atoms with Crippen LogP contribution in [0, 0.1) is 6.92 Å². The molecule has 0 N–H and O–H groups in total. The number of hydrogen-bond donors (Lipinski definition) is 0. The van der Waals surface area contributed by atoms with Crippen LogP contribution in [0.15, 0.2) is 18.2 Å². The fourth-order valence-corrected chi connectivity index (χ4v) is 3.79. The summed E-state index contributed by atoms with van der Waals surface area (Å²) in [7, 11) is 1.74. The molecule has 25 heavy (non-hydrogen) atoms. The van der Waals surface area contributed by atoms with Crippen LogP contribution in [-0.2, 0) is 13.6 Å². The van der Waals surface area contributed by atoms with E-state index in [9.17, 15) is 4.79 Å². The molecule has 0 bridgehead atoms. The van der Waals surface area contributed by atoms with E-state index in [1.54, 1.807) is 18.7 Å². The molecule has 1 saturated heterocycles. The number of carbonyl (C=O) groups is 1. The molecule has 0 atom stereocenters. The molecule has 8 heteroatoms. The van der Waals surface area contributed by atoms with Crippen molar-refractivity contribution in [2.24, 2.45) is 7.05 Å². The highest BCUT2D eigenvalue weighted by Crippen LogP contribution is 2.26. The third kappa shape index (κ3) is 3.80. The van der Waals surface area contributed by atoms with Crippen LogP contribution in [0.3, 0.4) is 0 Å². The van der Waals surface area contributed by atoms with Crippen molar-refractivity contribution in [2.45, 2.75) is 13.5 Å². The molecule has 2 aromatic rings. The van der Waals surface area contributed by atoms with Gasteiger partial charge in [0.1, 0.15) is 5.69 Å². The number of aryl methyl sites for hydroxylation is 2. The normalized spacial score (nSPS) is 15.6. The van der Waals surface area contributed by atoms with E-state index in [4.69, 9.17) is 34.8 Å². The Morgan fingerprint density at radius 2 is 1.72 bits per heavy atom. The highest BCUT2D eigenvalue weighted by molar-refractivity contribution is 6.36. The summed E-state index contributed by atoms with van der Waals surface area (Å²) < 4.78 is 1.55. The van der Waals surface area contributed by atoms with Gasteiger partial charge in [0.15, 0.2) is 0 Å². The molecule has 3 rings (SSSR count). The first kappa shape index (κ1) is 18.5. The number of hydrogen-bond acceptors (Lipinski definition) is 3. The minimum atomic E-state index is -0.0801. The molecular weight excluding hydrogens is 383 g/mol. The summed E-state index contributed by atoms with van der Waals surface area (Å²) in [6.45, 7) is 5.23. The third-order valence-corrected chi connectivity index (χ3v) is 5.62. The van der Waals surface area contributed by atoms with Crippen molar-refractivity contribution in [2.75, 3.05) is 26.2 Å². The molecule has 1 aromatic heterocycles. The molecule has 5 nitrogen and oxygen atoms in total. The van der Waals surface area contributed by atoms with Crippen LogP contribution >= 0.6 is 34.8 Å². The SMILES string of the molecule is Cc1nn(C)c(C(=O)N2CCN(Cc3c(Cl)cccc3Cl)CC2)c1Cl. The fourth-order valence-electron chi connectivity index (χ4n) is 3.03. The Kier molecular flexibility index (Phi) is 5.58. The first-order valence-corrected chi connectivity index (χ1v) is 9.15. The molecule has 0 radical (unpaired) electrons. The van der Waals surface area contributed by atoms with Gasteiger partial charge in [-0.15, -0.1) is 0 Å². The number of rotatable bonds is 3. The summed E-state index contributed by atoms with van der Waals surface area (Å²) in [6.07, 6.45) is 0. The van der Waals surface area contributed by atoms with E-state index in [1.807, 2.05) is 23.1 Å².